The first-order chi connectivity index (χ1) is 14.3. The minimum absolute atomic E-state index is 0.0957. The van der Waals surface area contributed by atoms with E-state index in [9.17, 15) is 13.2 Å². The zero-order valence-electron chi connectivity index (χ0n) is 16.4. The molecule has 9 heteroatoms. The van der Waals surface area contributed by atoms with Crippen molar-refractivity contribution < 1.29 is 13.2 Å². The van der Waals surface area contributed by atoms with Crippen molar-refractivity contribution >= 4 is 49.0 Å². The number of hydrogen-bond acceptors (Lipinski definition) is 5. The molecule has 2 heterocycles. The van der Waals surface area contributed by atoms with Crippen LogP contribution in [0.4, 0.5) is 10.8 Å². The molecular formula is C21H20N4O3S2. The van der Waals surface area contributed by atoms with Gasteiger partial charge in [0.1, 0.15) is 6.54 Å². The van der Waals surface area contributed by atoms with Crippen LogP contribution in [0.1, 0.15) is 11.3 Å². The summed E-state index contributed by atoms with van der Waals surface area (Å²) in [4.78, 5) is 16.6. The van der Waals surface area contributed by atoms with Crippen LogP contribution in [0.2, 0.25) is 0 Å². The van der Waals surface area contributed by atoms with E-state index in [1.165, 1.54) is 35.2 Å². The molecule has 2 aromatic carbocycles. The first kappa shape index (κ1) is 20.1. The molecule has 0 fully saturated rings. The van der Waals surface area contributed by atoms with Crippen LogP contribution in [0.25, 0.3) is 10.9 Å². The van der Waals surface area contributed by atoms with Gasteiger partial charge >= 0.3 is 0 Å². The van der Waals surface area contributed by atoms with E-state index in [1.54, 1.807) is 17.5 Å². The number of anilines is 2. The van der Waals surface area contributed by atoms with Crippen molar-refractivity contribution in [3.8, 4) is 0 Å². The van der Waals surface area contributed by atoms with Gasteiger partial charge in [0.15, 0.2) is 5.13 Å². The third-order valence-corrected chi connectivity index (χ3v) is 6.84. The molecule has 0 saturated carbocycles. The van der Waals surface area contributed by atoms with Gasteiger partial charge < -0.3 is 9.88 Å². The summed E-state index contributed by atoms with van der Waals surface area (Å²) in [5.41, 5.74) is 3.70. The second-order valence-corrected chi connectivity index (χ2v) is 9.53. The molecule has 0 bridgehead atoms. The van der Waals surface area contributed by atoms with Crippen molar-refractivity contribution in [1.29, 1.82) is 0 Å². The van der Waals surface area contributed by atoms with Gasteiger partial charge in [0.05, 0.1) is 4.90 Å². The van der Waals surface area contributed by atoms with E-state index in [0.29, 0.717) is 10.8 Å². The summed E-state index contributed by atoms with van der Waals surface area (Å²) in [6.45, 7) is 4.18. The van der Waals surface area contributed by atoms with Crippen molar-refractivity contribution in [1.82, 2.24) is 9.55 Å². The lowest BCUT2D eigenvalue weighted by Gasteiger charge is -2.10. The monoisotopic (exact) mass is 440 g/mol. The molecular weight excluding hydrogens is 420 g/mol. The van der Waals surface area contributed by atoms with Gasteiger partial charge in [-0.05, 0) is 56.3 Å². The third kappa shape index (κ3) is 4.22. The Labute approximate surface area is 178 Å². The summed E-state index contributed by atoms with van der Waals surface area (Å²) >= 11 is 1.20. The summed E-state index contributed by atoms with van der Waals surface area (Å²) in [7, 11) is -3.72. The molecule has 0 atom stereocenters. The molecule has 2 N–H and O–H groups in total. The Morgan fingerprint density at radius 2 is 1.87 bits per heavy atom. The summed E-state index contributed by atoms with van der Waals surface area (Å²) < 4.78 is 29.2. The number of amides is 1. The van der Waals surface area contributed by atoms with Crippen LogP contribution < -0.4 is 10.0 Å². The standard InChI is InChI=1S/C21H20N4O3S2/c1-14-3-8-19-16(11-14)12-15(2)25(19)13-20(26)23-17-4-6-18(7-5-17)30(27,28)24-21-22-9-10-29-21/h3-12H,13H2,1-2H3,(H,22,24)(H,23,26). The maximum atomic E-state index is 12.6. The molecule has 2 aromatic heterocycles. The number of nitrogens with one attached hydrogen (secondary N) is 2. The highest BCUT2D eigenvalue weighted by Gasteiger charge is 2.16. The number of fused-ring (bicyclic) bond motifs is 1. The van der Waals surface area contributed by atoms with Crippen molar-refractivity contribution in [2.45, 2.75) is 25.3 Å². The first-order valence-electron chi connectivity index (χ1n) is 9.20. The highest BCUT2D eigenvalue weighted by atomic mass is 32.2. The topological polar surface area (TPSA) is 93.1 Å². The van der Waals surface area contributed by atoms with Gasteiger partial charge in [-0.2, -0.15) is 0 Å². The zero-order valence-corrected chi connectivity index (χ0v) is 18.0. The van der Waals surface area contributed by atoms with E-state index < -0.39 is 10.0 Å². The minimum Gasteiger partial charge on any atom is -0.335 e. The van der Waals surface area contributed by atoms with Gasteiger partial charge in [-0.1, -0.05) is 11.6 Å². The molecule has 30 heavy (non-hydrogen) atoms. The number of sulfonamides is 1. The Bertz CT molecular complexity index is 1310. The summed E-state index contributed by atoms with van der Waals surface area (Å²) in [6, 6.07) is 14.2. The lowest BCUT2D eigenvalue weighted by atomic mass is 10.2. The predicted octanol–water partition coefficient (Wildman–Crippen LogP) is 4.15. The summed E-state index contributed by atoms with van der Waals surface area (Å²) in [5.74, 6) is -0.187. The van der Waals surface area contributed by atoms with Gasteiger partial charge in [0, 0.05) is 33.9 Å². The summed E-state index contributed by atoms with van der Waals surface area (Å²) in [5, 5.41) is 5.91. The fourth-order valence-corrected chi connectivity index (χ4v) is 5.04. The Balaban J connectivity index is 1.46. The Morgan fingerprint density at radius 3 is 2.57 bits per heavy atom. The van der Waals surface area contributed by atoms with Crippen molar-refractivity contribution in [3.63, 3.8) is 0 Å². The van der Waals surface area contributed by atoms with Gasteiger partial charge in [0.2, 0.25) is 5.91 Å². The average molecular weight is 441 g/mol. The normalized spacial score (nSPS) is 11.5. The first-order valence-corrected chi connectivity index (χ1v) is 11.6. The Morgan fingerprint density at radius 1 is 1.10 bits per heavy atom. The van der Waals surface area contributed by atoms with Gasteiger partial charge in [0.25, 0.3) is 10.0 Å². The average Bonchev–Trinajstić information content (AvgIpc) is 3.29. The maximum Gasteiger partial charge on any atom is 0.263 e. The molecule has 0 spiro atoms. The number of thiazole rings is 1. The van der Waals surface area contributed by atoms with Crippen LogP contribution in [0.5, 0.6) is 0 Å². The second-order valence-electron chi connectivity index (χ2n) is 6.95. The van der Waals surface area contributed by atoms with Crippen LogP contribution >= 0.6 is 11.3 Å². The number of carbonyl (C=O) groups excluding carboxylic acids is 1. The van der Waals surface area contributed by atoms with E-state index in [1.807, 2.05) is 30.5 Å². The number of benzene rings is 2. The lowest BCUT2D eigenvalue weighted by molar-refractivity contribution is -0.116. The SMILES string of the molecule is Cc1ccc2c(c1)cc(C)n2CC(=O)Nc1ccc(S(=O)(=O)Nc2nccs2)cc1. The molecule has 154 valence electrons. The fraction of sp³-hybridized carbons (Fsp3) is 0.143. The van der Waals surface area contributed by atoms with Gasteiger partial charge in [-0.25, -0.2) is 13.4 Å². The molecule has 4 rings (SSSR count). The number of aryl methyl sites for hydroxylation is 2. The number of nitrogens with zero attached hydrogens (tertiary/aromatic N) is 2. The third-order valence-electron chi connectivity index (χ3n) is 4.67. The van der Waals surface area contributed by atoms with Crippen LogP contribution in [-0.4, -0.2) is 23.9 Å². The molecule has 0 aliphatic rings. The van der Waals surface area contributed by atoms with E-state index >= 15 is 0 Å². The quantitative estimate of drug-likeness (QED) is 0.471. The number of hydrogen-bond donors (Lipinski definition) is 2. The van der Waals surface area contributed by atoms with Crippen molar-refractivity contribution in [3.05, 3.63) is 71.4 Å². The van der Waals surface area contributed by atoms with Gasteiger partial charge in [-0.3, -0.25) is 9.52 Å². The summed E-state index contributed by atoms with van der Waals surface area (Å²) in [6.07, 6.45) is 1.53. The van der Waals surface area contributed by atoms with Gasteiger partial charge in [-0.15, -0.1) is 11.3 Å². The fourth-order valence-electron chi connectivity index (χ4n) is 3.25. The van der Waals surface area contributed by atoms with E-state index in [-0.39, 0.29) is 17.3 Å². The molecule has 4 aromatic rings. The number of aromatic nitrogens is 2. The molecule has 7 nitrogen and oxygen atoms in total. The van der Waals surface area contributed by atoms with E-state index in [4.69, 9.17) is 0 Å². The van der Waals surface area contributed by atoms with Crippen molar-refractivity contribution in [2.24, 2.45) is 0 Å². The molecule has 0 radical (unpaired) electrons. The Kier molecular flexibility index (Phi) is 5.31. The highest BCUT2D eigenvalue weighted by Crippen LogP contribution is 2.22. The van der Waals surface area contributed by atoms with E-state index in [0.717, 1.165) is 16.6 Å². The molecule has 0 aliphatic heterocycles. The van der Waals surface area contributed by atoms with Crippen LogP contribution in [0.15, 0.2) is 65.0 Å². The smallest absolute Gasteiger partial charge is 0.263 e. The van der Waals surface area contributed by atoms with Crippen LogP contribution in [-0.2, 0) is 21.4 Å². The van der Waals surface area contributed by atoms with Crippen molar-refractivity contribution in [2.75, 3.05) is 10.0 Å². The molecule has 0 aliphatic carbocycles. The maximum absolute atomic E-state index is 12.6. The van der Waals surface area contributed by atoms with Crippen LogP contribution in [0.3, 0.4) is 0 Å². The second kappa shape index (κ2) is 7.92. The largest absolute Gasteiger partial charge is 0.335 e. The number of rotatable bonds is 6. The molecule has 0 saturated heterocycles. The zero-order chi connectivity index (χ0) is 21.3. The molecule has 1 amide bonds. The number of carbonyl (C=O) groups is 1. The molecule has 0 unspecified atom stereocenters. The minimum atomic E-state index is -3.72. The Hall–Kier alpha value is -3.17. The van der Waals surface area contributed by atoms with Crippen LogP contribution in [0, 0.1) is 13.8 Å². The van der Waals surface area contributed by atoms with E-state index in [2.05, 4.69) is 27.2 Å². The highest BCUT2D eigenvalue weighted by molar-refractivity contribution is 7.93. The predicted molar refractivity (Wildman–Crippen MR) is 119 cm³/mol. The lowest BCUT2D eigenvalue weighted by Crippen LogP contribution is -2.19.